The van der Waals surface area contributed by atoms with Crippen LogP contribution >= 0.6 is 12.4 Å². The highest BCUT2D eigenvalue weighted by atomic mass is 35.5. The van der Waals surface area contributed by atoms with Crippen LogP contribution in [0.4, 0.5) is 4.79 Å². The number of fused-ring (bicyclic) bond motifs is 2. The maximum Gasteiger partial charge on any atom is 0.315 e. The summed E-state index contributed by atoms with van der Waals surface area (Å²) in [6.07, 6.45) is 6.83. The molecule has 0 aromatic heterocycles. The quantitative estimate of drug-likeness (QED) is 0.719. The topological polar surface area (TPSA) is 73.5 Å². The van der Waals surface area contributed by atoms with Crippen molar-refractivity contribution in [1.82, 2.24) is 20.9 Å². The van der Waals surface area contributed by atoms with Gasteiger partial charge in [0.2, 0.25) is 5.91 Å². The number of halogens is 1. The van der Waals surface area contributed by atoms with E-state index in [2.05, 4.69) is 16.0 Å². The molecule has 3 amide bonds. The fourth-order valence-corrected chi connectivity index (χ4v) is 4.84. The Kier molecular flexibility index (Phi) is 6.83. The number of benzene rings is 1. The van der Waals surface area contributed by atoms with E-state index in [1.807, 2.05) is 35.2 Å². The number of nitrogens with zero attached hydrogens (tertiary/aromatic N) is 1. The minimum atomic E-state index is -0.732. The number of hydrogen-bond acceptors (Lipinski definition) is 3. The van der Waals surface area contributed by atoms with Crippen molar-refractivity contribution >= 4 is 24.3 Å². The Labute approximate surface area is 173 Å². The van der Waals surface area contributed by atoms with Gasteiger partial charge < -0.3 is 20.9 Å². The molecule has 1 aliphatic carbocycles. The Bertz CT molecular complexity index is 678. The van der Waals surface area contributed by atoms with E-state index in [9.17, 15) is 9.59 Å². The van der Waals surface area contributed by atoms with Gasteiger partial charge in [-0.25, -0.2) is 4.79 Å². The van der Waals surface area contributed by atoms with Crippen molar-refractivity contribution in [2.75, 3.05) is 13.1 Å². The molecule has 154 valence electrons. The zero-order valence-electron chi connectivity index (χ0n) is 16.3. The van der Waals surface area contributed by atoms with E-state index in [1.165, 1.54) is 6.42 Å². The molecule has 2 saturated heterocycles. The van der Waals surface area contributed by atoms with Crippen LogP contribution in [0.1, 0.15) is 50.5 Å². The number of carbonyl (C=O) groups is 2. The smallest absolute Gasteiger partial charge is 0.315 e. The summed E-state index contributed by atoms with van der Waals surface area (Å²) in [4.78, 5) is 28.0. The molecule has 1 aromatic rings. The summed E-state index contributed by atoms with van der Waals surface area (Å²) < 4.78 is 0. The first-order chi connectivity index (χ1) is 13.1. The average Bonchev–Trinajstić information content (AvgIpc) is 3.27. The summed E-state index contributed by atoms with van der Waals surface area (Å²) in [5, 5.41) is 9.60. The van der Waals surface area contributed by atoms with E-state index in [4.69, 9.17) is 0 Å². The van der Waals surface area contributed by atoms with Crippen LogP contribution < -0.4 is 16.0 Å². The van der Waals surface area contributed by atoms with E-state index in [0.29, 0.717) is 18.6 Å². The number of hydrogen-bond donors (Lipinski definition) is 3. The van der Waals surface area contributed by atoms with Crippen molar-refractivity contribution in [3.63, 3.8) is 0 Å². The summed E-state index contributed by atoms with van der Waals surface area (Å²) in [6.45, 7) is 2.03. The molecular weight excluding hydrogens is 376 g/mol. The largest absolute Gasteiger partial charge is 0.339 e. The molecule has 6 nitrogen and oxygen atoms in total. The van der Waals surface area contributed by atoms with Crippen LogP contribution in [0.2, 0.25) is 0 Å². The highest BCUT2D eigenvalue weighted by Crippen LogP contribution is 2.33. The summed E-state index contributed by atoms with van der Waals surface area (Å²) >= 11 is 0. The minimum Gasteiger partial charge on any atom is -0.339 e. The number of nitrogens with one attached hydrogen (secondary N) is 3. The van der Waals surface area contributed by atoms with Crippen molar-refractivity contribution in [3.05, 3.63) is 35.9 Å². The molecule has 1 aromatic carbocycles. The standard InChI is InChI=1S/C21H30N4O2.ClH/c26-19(25-13-10-17-8-9-18(15-25)23-17)21(11-4-5-12-21)24-20(27)22-14-16-6-2-1-3-7-16;/h1-3,6-7,17-18,23H,4-5,8-15H2,(H2,22,24,27);1H. The predicted molar refractivity (Wildman–Crippen MR) is 111 cm³/mol. The number of urea groups is 1. The molecule has 2 atom stereocenters. The normalized spacial score (nSPS) is 25.5. The van der Waals surface area contributed by atoms with Gasteiger partial charge in [-0.3, -0.25) is 4.79 Å². The first kappa shape index (κ1) is 20.9. The summed E-state index contributed by atoms with van der Waals surface area (Å²) in [5.74, 6) is 0.115. The lowest BCUT2D eigenvalue weighted by molar-refractivity contribution is -0.138. The van der Waals surface area contributed by atoms with Gasteiger partial charge in [0.25, 0.3) is 0 Å². The van der Waals surface area contributed by atoms with E-state index < -0.39 is 5.54 Å². The van der Waals surface area contributed by atoms with Crippen LogP contribution in [0.3, 0.4) is 0 Å². The van der Waals surface area contributed by atoms with E-state index >= 15 is 0 Å². The van der Waals surface area contributed by atoms with Crippen LogP contribution in [0, 0.1) is 0 Å². The van der Waals surface area contributed by atoms with Crippen LogP contribution in [-0.2, 0) is 11.3 Å². The van der Waals surface area contributed by atoms with E-state index in [0.717, 1.165) is 57.2 Å². The lowest BCUT2D eigenvalue weighted by Gasteiger charge is -2.35. The van der Waals surface area contributed by atoms with Gasteiger partial charge in [-0.15, -0.1) is 12.4 Å². The van der Waals surface area contributed by atoms with Gasteiger partial charge in [0, 0.05) is 31.7 Å². The van der Waals surface area contributed by atoms with Crippen molar-refractivity contribution in [2.45, 2.75) is 69.1 Å². The summed E-state index contributed by atoms with van der Waals surface area (Å²) in [6, 6.07) is 10.5. The molecule has 3 N–H and O–H groups in total. The zero-order valence-corrected chi connectivity index (χ0v) is 17.1. The molecule has 2 heterocycles. The van der Waals surface area contributed by atoms with Gasteiger partial charge in [0.1, 0.15) is 5.54 Å². The van der Waals surface area contributed by atoms with Gasteiger partial charge in [-0.05, 0) is 37.7 Å². The van der Waals surface area contributed by atoms with Crippen molar-refractivity contribution in [2.24, 2.45) is 0 Å². The van der Waals surface area contributed by atoms with Gasteiger partial charge >= 0.3 is 6.03 Å². The Morgan fingerprint density at radius 3 is 2.54 bits per heavy atom. The number of likely N-dealkylation sites (tertiary alicyclic amines) is 1. The molecule has 7 heteroatoms. The predicted octanol–water partition coefficient (Wildman–Crippen LogP) is 2.57. The molecule has 28 heavy (non-hydrogen) atoms. The Morgan fingerprint density at radius 1 is 1.07 bits per heavy atom. The first-order valence-electron chi connectivity index (χ1n) is 10.3. The monoisotopic (exact) mass is 406 g/mol. The third-order valence-electron chi connectivity index (χ3n) is 6.33. The number of rotatable bonds is 4. The van der Waals surface area contributed by atoms with Gasteiger partial charge in [0.05, 0.1) is 0 Å². The van der Waals surface area contributed by atoms with Crippen LogP contribution in [0.25, 0.3) is 0 Å². The molecule has 1 saturated carbocycles. The third-order valence-corrected chi connectivity index (χ3v) is 6.33. The van der Waals surface area contributed by atoms with Crippen molar-refractivity contribution in [1.29, 1.82) is 0 Å². The van der Waals surface area contributed by atoms with Crippen molar-refractivity contribution in [3.8, 4) is 0 Å². The lowest BCUT2D eigenvalue weighted by atomic mass is 9.94. The number of carbonyl (C=O) groups excluding carboxylic acids is 2. The van der Waals surface area contributed by atoms with Crippen molar-refractivity contribution < 1.29 is 9.59 Å². The van der Waals surface area contributed by atoms with Gasteiger partial charge in [0.15, 0.2) is 0 Å². The SMILES string of the molecule is Cl.O=C(NCc1ccccc1)NC1(C(=O)N2CCC3CCC(C2)N3)CCCC1. The second-order valence-corrected chi connectivity index (χ2v) is 8.26. The second kappa shape index (κ2) is 9.14. The van der Waals surface area contributed by atoms with Crippen LogP contribution in [-0.4, -0.2) is 47.6 Å². The van der Waals surface area contributed by atoms with E-state index in [-0.39, 0.29) is 24.3 Å². The molecule has 3 aliphatic rings. The summed E-state index contributed by atoms with van der Waals surface area (Å²) in [7, 11) is 0. The Balaban J connectivity index is 0.00000225. The molecular formula is C21H31ClN4O2. The molecule has 0 spiro atoms. The molecule has 3 fully saturated rings. The fourth-order valence-electron chi connectivity index (χ4n) is 4.84. The average molecular weight is 407 g/mol. The first-order valence-corrected chi connectivity index (χ1v) is 10.3. The maximum absolute atomic E-state index is 13.4. The maximum atomic E-state index is 13.4. The molecule has 2 aliphatic heterocycles. The van der Waals surface area contributed by atoms with E-state index in [1.54, 1.807) is 0 Å². The molecule has 0 radical (unpaired) electrons. The lowest BCUT2D eigenvalue weighted by Crippen LogP contribution is -2.60. The Morgan fingerprint density at radius 2 is 1.79 bits per heavy atom. The summed E-state index contributed by atoms with van der Waals surface area (Å²) in [5.41, 5.74) is 0.318. The van der Waals surface area contributed by atoms with Crippen LogP contribution in [0.15, 0.2) is 30.3 Å². The number of amides is 3. The fraction of sp³-hybridized carbons (Fsp3) is 0.619. The Hall–Kier alpha value is -1.79. The minimum absolute atomic E-state index is 0. The molecule has 4 rings (SSSR count). The zero-order chi connectivity index (χ0) is 18.7. The third kappa shape index (κ3) is 4.61. The molecule has 2 unspecified atom stereocenters. The second-order valence-electron chi connectivity index (χ2n) is 8.26. The van der Waals surface area contributed by atoms with Gasteiger partial charge in [-0.2, -0.15) is 0 Å². The van der Waals surface area contributed by atoms with Gasteiger partial charge in [-0.1, -0.05) is 43.2 Å². The highest BCUT2D eigenvalue weighted by molar-refractivity contribution is 5.91. The molecule has 2 bridgehead atoms. The highest BCUT2D eigenvalue weighted by Gasteiger charge is 2.46. The van der Waals surface area contributed by atoms with Crippen LogP contribution in [0.5, 0.6) is 0 Å².